The standard InChI is InChI=1S/C19H23N3O4S/c1-19(2,3)16(18(26)21-13-4-7-20-8-5-13)22-17(25)14(10-15(23)24)12-6-9-27-11-12/h4-9,11,14,16H,10H2,1-3H3,(H,22,25)(H,23,24)(H,20,21,26)/t14-,16-/m1/s1. The number of aliphatic carboxylic acids is 1. The number of hydrogen-bond donors (Lipinski definition) is 3. The fourth-order valence-corrected chi connectivity index (χ4v) is 3.29. The monoisotopic (exact) mass is 389 g/mol. The SMILES string of the molecule is CC(C)(C)[C@H](NC(=O)[C@H](CC(=O)O)c1ccsc1)C(=O)Nc1ccncc1. The number of carboxylic acid groups (broad SMARTS) is 1. The van der Waals surface area contributed by atoms with Crippen molar-refractivity contribution in [2.45, 2.75) is 39.2 Å². The van der Waals surface area contributed by atoms with Gasteiger partial charge in [-0.25, -0.2) is 0 Å². The van der Waals surface area contributed by atoms with E-state index in [1.54, 1.807) is 41.4 Å². The first kappa shape index (κ1) is 20.6. The van der Waals surface area contributed by atoms with Crippen molar-refractivity contribution in [2.75, 3.05) is 5.32 Å². The number of nitrogens with one attached hydrogen (secondary N) is 2. The fourth-order valence-electron chi connectivity index (χ4n) is 2.58. The summed E-state index contributed by atoms with van der Waals surface area (Å²) in [5.41, 5.74) is 0.621. The van der Waals surface area contributed by atoms with Crippen molar-refractivity contribution < 1.29 is 19.5 Å². The van der Waals surface area contributed by atoms with Crippen LogP contribution < -0.4 is 10.6 Å². The molecule has 2 aromatic rings. The Morgan fingerprint density at radius 1 is 1.15 bits per heavy atom. The molecule has 27 heavy (non-hydrogen) atoms. The van der Waals surface area contributed by atoms with Gasteiger partial charge < -0.3 is 15.7 Å². The summed E-state index contributed by atoms with van der Waals surface area (Å²) in [7, 11) is 0. The Bertz CT molecular complexity index is 785. The van der Waals surface area contributed by atoms with Crippen LogP contribution in [0.3, 0.4) is 0 Å². The molecule has 0 radical (unpaired) electrons. The molecule has 2 atom stereocenters. The van der Waals surface area contributed by atoms with Crippen LogP contribution in [0.1, 0.15) is 38.7 Å². The number of carbonyl (C=O) groups excluding carboxylic acids is 2. The van der Waals surface area contributed by atoms with E-state index in [4.69, 9.17) is 5.11 Å². The number of carbonyl (C=O) groups is 3. The third-order valence-electron chi connectivity index (χ3n) is 4.00. The van der Waals surface area contributed by atoms with Gasteiger partial charge in [0.15, 0.2) is 0 Å². The van der Waals surface area contributed by atoms with Crippen molar-refractivity contribution in [3.05, 3.63) is 46.9 Å². The fraction of sp³-hybridized carbons (Fsp3) is 0.368. The first-order valence-corrected chi connectivity index (χ1v) is 9.38. The molecule has 144 valence electrons. The second-order valence-corrected chi connectivity index (χ2v) is 8.02. The zero-order valence-corrected chi connectivity index (χ0v) is 16.2. The lowest BCUT2D eigenvalue weighted by Crippen LogP contribution is -2.52. The first-order chi connectivity index (χ1) is 12.7. The molecule has 0 aliphatic rings. The molecular formula is C19H23N3O4S. The van der Waals surface area contributed by atoms with Crippen LogP contribution in [0.4, 0.5) is 5.69 Å². The highest BCUT2D eigenvalue weighted by Gasteiger charge is 2.35. The molecule has 2 rings (SSSR count). The van der Waals surface area contributed by atoms with Crippen molar-refractivity contribution in [3.63, 3.8) is 0 Å². The van der Waals surface area contributed by atoms with Crippen molar-refractivity contribution in [1.82, 2.24) is 10.3 Å². The summed E-state index contributed by atoms with van der Waals surface area (Å²) in [6, 6.07) is 4.19. The molecule has 2 aromatic heterocycles. The summed E-state index contributed by atoms with van der Waals surface area (Å²) >= 11 is 1.39. The van der Waals surface area contributed by atoms with Crippen LogP contribution in [0, 0.1) is 5.41 Å². The van der Waals surface area contributed by atoms with Gasteiger partial charge in [0.2, 0.25) is 11.8 Å². The minimum Gasteiger partial charge on any atom is -0.481 e. The number of pyridine rings is 1. The quantitative estimate of drug-likeness (QED) is 0.675. The highest BCUT2D eigenvalue weighted by Crippen LogP contribution is 2.26. The second kappa shape index (κ2) is 8.77. The van der Waals surface area contributed by atoms with Gasteiger partial charge in [0.1, 0.15) is 6.04 Å². The van der Waals surface area contributed by atoms with Gasteiger partial charge in [0.25, 0.3) is 0 Å². The smallest absolute Gasteiger partial charge is 0.304 e. The van der Waals surface area contributed by atoms with Gasteiger partial charge in [0.05, 0.1) is 12.3 Å². The molecule has 8 heteroatoms. The van der Waals surface area contributed by atoms with Crippen molar-refractivity contribution in [1.29, 1.82) is 0 Å². The van der Waals surface area contributed by atoms with Crippen LogP contribution in [0.5, 0.6) is 0 Å². The number of nitrogens with zero attached hydrogens (tertiary/aromatic N) is 1. The maximum absolute atomic E-state index is 12.8. The summed E-state index contributed by atoms with van der Waals surface area (Å²) in [5, 5.41) is 18.2. The van der Waals surface area contributed by atoms with E-state index in [0.717, 1.165) is 0 Å². The number of amides is 2. The predicted molar refractivity (Wildman–Crippen MR) is 104 cm³/mol. The Hall–Kier alpha value is -2.74. The van der Waals surface area contributed by atoms with Gasteiger partial charge in [-0.1, -0.05) is 20.8 Å². The maximum Gasteiger partial charge on any atom is 0.304 e. The molecule has 3 N–H and O–H groups in total. The average molecular weight is 389 g/mol. The predicted octanol–water partition coefficient (Wildman–Crippen LogP) is 2.87. The number of thiophene rings is 1. The van der Waals surface area contributed by atoms with Crippen molar-refractivity contribution >= 4 is 34.8 Å². The van der Waals surface area contributed by atoms with E-state index in [-0.39, 0.29) is 12.3 Å². The van der Waals surface area contributed by atoms with E-state index in [2.05, 4.69) is 15.6 Å². The van der Waals surface area contributed by atoms with E-state index in [9.17, 15) is 14.4 Å². The van der Waals surface area contributed by atoms with E-state index in [0.29, 0.717) is 11.3 Å². The molecule has 0 bridgehead atoms. The number of hydrogen-bond acceptors (Lipinski definition) is 5. The highest BCUT2D eigenvalue weighted by molar-refractivity contribution is 7.08. The Labute approximate surface area is 161 Å². The van der Waals surface area contributed by atoms with Crippen LogP contribution in [-0.2, 0) is 14.4 Å². The molecule has 7 nitrogen and oxygen atoms in total. The lowest BCUT2D eigenvalue weighted by molar-refractivity contribution is -0.140. The van der Waals surface area contributed by atoms with Gasteiger partial charge in [-0.15, -0.1) is 0 Å². The summed E-state index contributed by atoms with van der Waals surface area (Å²) in [6.07, 6.45) is 2.77. The number of carboxylic acids is 1. The van der Waals surface area contributed by atoms with E-state index in [1.165, 1.54) is 11.3 Å². The van der Waals surface area contributed by atoms with E-state index < -0.39 is 29.3 Å². The van der Waals surface area contributed by atoms with E-state index in [1.807, 2.05) is 20.8 Å². The van der Waals surface area contributed by atoms with Crippen LogP contribution in [-0.4, -0.2) is 33.9 Å². The number of aromatic nitrogens is 1. The lowest BCUT2D eigenvalue weighted by atomic mass is 9.85. The summed E-state index contributed by atoms with van der Waals surface area (Å²) in [5.74, 6) is -2.79. The molecule has 0 aliphatic heterocycles. The average Bonchev–Trinajstić information content (AvgIpc) is 3.11. The van der Waals surface area contributed by atoms with Crippen LogP contribution in [0.2, 0.25) is 0 Å². The zero-order valence-electron chi connectivity index (χ0n) is 15.4. The minimum atomic E-state index is -1.07. The van der Waals surface area contributed by atoms with Crippen LogP contribution >= 0.6 is 11.3 Å². The Morgan fingerprint density at radius 2 is 1.81 bits per heavy atom. The Balaban J connectivity index is 2.20. The van der Waals surface area contributed by atoms with Gasteiger partial charge in [-0.2, -0.15) is 11.3 Å². The summed E-state index contributed by atoms with van der Waals surface area (Å²) in [6.45, 7) is 5.50. The summed E-state index contributed by atoms with van der Waals surface area (Å²) in [4.78, 5) is 40.7. The molecule has 0 saturated carbocycles. The van der Waals surface area contributed by atoms with Crippen LogP contribution in [0.15, 0.2) is 41.4 Å². The van der Waals surface area contributed by atoms with Crippen molar-refractivity contribution in [3.8, 4) is 0 Å². The molecule has 2 heterocycles. The molecule has 0 aromatic carbocycles. The molecule has 0 aliphatic carbocycles. The summed E-state index contributed by atoms with van der Waals surface area (Å²) < 4.78 is 0. The zero-order chi connectivity index (χ0) is 20.0. The largest absolute Gasteiger partial charge is 0.481 e. The van der Waals surface area contributed by atoms with Crippen LogP contribution in [0.25, 0.3) is 0 Å². The number of rotatable bonds is 7. The van der Waals surface area contributed by atoms with Gasteiger partial charge in [-0.05, 0) is 39.9 Å². The highest BCUT2D eigenvalue weighted by atomic mass is 32.1. The first-order valence-electron chi connectivity index (χ1n) is 8.43. The van der Waals surface area contributed by atoms with Gasteiger partial charge in [-0.3, -0.25) is 19.4 Å². The van der Waals surface area contributed by atoms with Crippen molar-refractivity contribution in [2.24, 2.45) is 5.41 Å². The third-order valence-corrected chi connectivity index (χ3v) is 4.70. The molecule has 0 spiro atoms. The number of anilines is 1. The topological polar surface area (TPSA) is 108 Å². The molecular weight excluding hydrogens is 366 g/mol. The van der Waals surface area contributed by atoms with Gasteiger partial charge >= 0.3 is 5.97 Å². The second-order valence-electron chi connectivity index (χ2n) is 7.24. The Morgan fingerprint density at radius 3 is 2.33 bits per heavy atom. The Kier molecular flexibility index (Phi) is 6.68. The lowest BCUT2D eigenvalue weighted by Gasteiger charge is -2.31. The normalized spacial score (nSPS) is 13.4. The molecule has 0 fully saturated rings. The van der Waals surface area contributed by atoms with Gasteiger partial charge in [0, 0.05) is 18.1 Å². The van der Waals surface area contributed by atoms with E-state index >= 15 is 0 Å². The molecule has 2 amide bonds. The molecule has 0 saturated heterocycles. The maximum atomic E-state index is 12.8. The minimum absolute atomic E-state index is 0.342. The third kappa shape index (κ3) is 5.89. The molecule has 0 unspecified atom stereocenters.